The summed E-state index contributed by atoms with van der Waals surface area (Å²) in [6.07, 6.45) is 3.07. The molecule has 2 heterocycles. The third-order valence-corrected chi connectivity index (χ3v) is 3.46. The van der Waals surface area contributed by atoms with Crippen molar-refractivity contribution in [2.45, 2.75) is 17.1 Å². The van der Waals surface area contributed by atoms with Gasteiger partial charge in [0.1, 0.15) is 11.1 Å². The van der Waals surface area contributed by atoms with E-state index in [1.54, 1.807) is 6.20 Å². The Bertz CT molecular complexity index is 787. The Morgan fingerprint density at radius 1 is 1.26 bits per heavy atom. The topological polar surface area (TPSA) is 78.2 Å². The van der Waals surface area contributed by atoms with Gasteiger partial charge in [-0.3, -0.25) is 0 Å². The summed E-state index contributed by atoms with van der Waals surface area (Å²) in [6, 6.07) is 8.04. The van der Waals surface area contributed by atoms with Crippen molar-refractivity contribution in [2.75, 3.05) is 0 Å². The Labute approximate surface area is 113 Å². The molecule has 0 radical (unpaired) electrons. The van der Waals surface area contributed by atoms with Gasteiger partial charge in [-0.1, -0.05) is 6.07 Å². The number of imidazole rings is 1. The van der Waals surface area contributed by atoms with E-state index in [4.69, 9.17) is 5.26 Å². The van der Waals surface area contributed by atoms with Crippen LogP contribution in [0.5, 0.6) is 0 Å². The lowest BCUT2D eigenvalue weighted by molar-refractivity contribution is 1.00. The third-order valence-electron chi connectivity index (χ3n) is 2.58. The third kappa shape index (κ3) is 2.28. The molecule has 0 aliphatic carbocycles. The first-order valence-corrected chi connectivity index (χ1v) is 6.43. The molecule has 0 unspecified atom stereocenters. The van der Waals surface area contributed by atoms with Crippen LogP contribution in [-0.2, 0) is 0 Å². The average molecular weight is 267 g/mol. The number of H-pyrrole nitrogens is 1. The number of aromatic amines is 1. The van der Waals surface area contributed by atoms with E-state index in [1.165, 1.54) is 23.5 Å². The SMILES string of the molecule is Cc1ccc2nc(Sc3nccnc3C#N)[nH]c2c1. The first-order chi connectivity index (χ1) is 9.26. The fourth-order valence-electron chi connectivity index (χ4n) is 1.72. The van der Waals surface area contributed by atoms with Crippen LogP contribution in [0.15, 0.2) is 40.8 Å². The molecule has 0 amide bonds. The second-order valence-electron chi connectivity index (χ2n) is 3.99. The van der Waals surface area contributed by atoms with Crippen molar-refractivity contribution >= 4 is 22.8 Å². The van der Waals surface area contributed by atoms with Crippen molar-refractivity contribution in [3.8, 4) is 6.07 Å². The lowest BCUT2D eigenvalue weighted by Gasteiger charge is -1.97. The summed E-state index contributed by atoms with van der Waals surface area (Å²) in [7, 11) is 0. The second kappa shape index (κ2) is 4.71. The molecule has 0 fully saturated rings. The minimum absolute atomic E-state index is 0.309. The summed E-state index contributed by atoms with van der Waals surface area (Å²) in [4.78, 5) is 15.8. The zero-order valence-corrected chi connectivity index (χ0v) is 10.9. The maximum atomic E-state index is 8.98. The molecule has 0 spiro atoms. The molecule has 0 saturated heterocycles. The van der Waals surface area contributed by atoms with E-state index >= 15 is 0 Å². The number of benzene rings is 1. The highest BCUT2D eigenvalue weighted by atomic mass is 32.2. The van der Waals surface area contributed by atoms with Gasteiger partial charge in [0.15, 0.2) is 10.9 Å². The first kappa shape index (κ1) is 11.7. The van der Waals surface area contributed by atoms with Crippen molar-refractivity contribution < 1.29 is 0 Å². The molecule has 0 bridgehead atoms. The molecule has 92 valence electrons. The Hall–Kier alpha value is -2.39. The van der Waals surface area contributed by atoms with E-state index in [0.717, 1.165) is 11.0 Å². The minimum atomic E-state index is 0.309. The zero-order valence-electron chi connectivity index (χ0n) is 10.1. The molecule has 0 saturated carbocycles. The van der Waals surface area contributed by atoms with E-state index in [9.17, 15) is 0 Å². The predicted molar refractivity (Wildman–Crippen MR) is 71.7 cm³/mol. The largest absolute Gasteiger partial charge is 0.333 e. The number of nitrogens with zero attached hydrogens (tertiary/aromatic N) is 4. The van der Waals surface area contributed by atoms with Crippen LogP contribution in [0.3, 0.4) is 0 Å². The molecular weight excluding hydrogens is 258 g/mol. The van der Waals surface area contributed by atoms with Crippen molar-refractivity contribution in [2.24, 2.45) is 0 Å². The molecule has 0 aliphatic heterocycles. The first-order valence-electron chi connectivity index (χ1n) is 5.61. The molecule has 0 atom stereocenters. The van der Waals surface area contributed by atoms with Crippen LogP contribution in [0.4, 0.5) is 0 Å². The number of rotatable bonds is 2. The van der Waals surface area contributed by atoms with Crippen LogP contribution >= 0.6 is 11.8 Å². The van der Waals surface area contributed by atoms with E-state index in [-0.39, 0.29) is 0 Å². The van der Waals surface area contributed by atoms with Gasteiger partial charge in [-0.2, -0.15) is 5.26 Å². The van der Waals surface area contributed by atoms with Gasteiger partial charge in [-0.05, 0) is 36.4 Å². The van der Waals surface area contributed by atoms with Gasteiger partial charge in [-0.15, -0.1) is 0 Å². The van der Waals surface area contributed by atoms with E-state index < -0.39 is 0 Å². The van der Waals surface area contributed by atoms with Crippen LogP contribution in [-0.4, -0.2) is 19.9 Å². The van der Waals surface area contributed by atoms with Crippen molar-refractivity contribution in [3.63, 3.8) is 0 Å². The van der Waals surface area contributed by atoms with E-state index in [0.29, 0.717) is 15.9 Å². The fourth-order valence-corrected chi connectivity index (χ4v) is 2.51. The molecule has 6 heteroatoms. The predicted octanol–water partition coefficient (Wildman–Crippen LogP) is 2.68. The van der Waals surface area contributed by atoms with Crippen LogP contribution < -0.4 is 0 Å². The Balaban J connectivity index is 1.99. The van der Waals surface area contributed by atoms with Crippen LogP contribution in [0, 0.1) is 18.3 Å². The number of nitriles is 1. The smallest absolute Gasteiger partial charge is 0.173 e. The van der Waals surface area contributed by atoms with Gasteiger partial charge < -0.3 is 4.98 Å². The summed E-state index contributed by atoms with van der Waals surface area (Å²) < 4.78 is 0. The van der Waals surface area contributed by atoms with Gasteiger partial charge in [-0.25, -0.2) is 15.0 Å². The highest BCUT2D eigenvalue weighted by Gasteiger charge is 2.10. The highest BCUT2D eigenvalue weighted by Crippen LogP contribution is 2.27. The van der Waals surface area contributed by atoms with E-state index in [2.05, 4.69) is 19.9 Å². The number of hydrogen-bond acceptors (Lipinski definition) is 5. The van der Waals surface area contributed by atoms with Gasteiger partial charge in [0.05, 0.1) is 11.0 Å². The monoisotopic (exact) mass is 267 g/mol. The molecule has 0 aliphatic rings. The maximum absolute atomic E-state index is 8.98. The maximum Gasteiger partial charge on any atom is 0.173 e. The van der Waals surface area contributed by atoms with Crippen molar-refractivity contribution in [1.29, 1.82) is 5.26 Å². The molecule has 19 heavy (non-hydrogen) atoms. The fraction of sp³-hybridized carbons (Fsp3) is 0.0769. The van der Waals surface area contributed by atoms with Gasteiger partial charge in [0.25, 0.3) is 0 Å². The van der Waals surface area contributed by atoms with Gasteiger partial charge in [0.2, 0.25) is 0 Å². The lowest BCUT2D eigenvalue weighted by Crippen LogP contribution is -1.90. The molecule has 1 N–H and O–H groups in total. The summed E-state index contributed by atoms with van der Waals surface area (Å²) in [5, 5.41) is 10.2. The van der Waals surface area contributed by atoms with Gasteiger partial charge >= 0.3 is 0 Å². The average Bonchev–Trinajstić information content (AvgIpc) is 2.80. The zero-order chi connectivity index (χ0) is 13.2. The molecule has 5 nitrogen and oxygen atoms in total. The number of fused-ring (bicyclic) bond motifs is 1. The Morgan fingerprint density at radius 2 is 2.11 bits per heavy atom. The summed E-state index contributed by atoms with van der Waals surface area (Å²) in [6.45, 7) is 2.03. The Morgan fingerprint density at radius 3 is 2.95 bits per heavy atom. The lowest BCUT2D eigenvalue weighted by atomic mass is 10.2. The second-order valence-corrected chi connectivity index (χ2v) is 4.96. The van der Waals surface area contributed by atoms with Gasteiger partial charge in [0, 0.05) is 12.4 Å². The highest BCUT2D eigenvalue weighted by molar-refractivity contribution is 7.99. The quantitative estimate of drug-likeness (QED) is 0.772. The molecule has 3 aromatic rings. The molecule has 3 rings (SSSR count). The summed E-state index contributed by atoms with van der Waals surface area (Å²) in [5.41, 5.74) is 3.36. The number of nitrogens with one attached hydrogen (secondary N) is 1. The number of aryl methyl sites for hydroxylation is 1. The number of aromatic nitrogens is 4. The van der Waals surface area contributed by atoms with Crippen molar-refractivity contribution in [3.05, 3.63) is 41.9 Å². The molecular formula is C13H9N5S. The summed E-state index contributed by atoms with van der Waals surface area (Å²) in [5.74, 6) is 0. The van der Waals surface area contributed by atoms with Crippen molar-refractivity contribution in [1.82, 2.24) is 19.9 Å². The minimum Gasteiger partial charge on any atom is -0.333 e. The van der Waals surface area contributed by atoms with Crippen LogP contribution in [0.25, 0.3) is 11.0 Å². The molecule has 2 aromatic heterocycles. The van der Waals surface area contributed by atoms with Crippen LogP contribution in [0.2, 0.25) is 0 Å². The number of hydrogen-bond donors (Lipinski definition) is 1. The standard InChI is InChI=1S/C13H9N5S/c1-8-2-3-9-10(6-8)18-13(17-9)19-12-11(7-14)15-4-5-16-12/h2-6H,1H3,(H,17,18). The van der Waals surface area contributed by atoms with Crippen LogP contribution in [0.1, 0.15) is 11.3 Å². The Kier molecular flexibility index (Phi) is 2.89. The summed E-state index contributed by atoms with van der Waals surface area (Å²) >= 11 is 1.31. The van der Waals surface area contributed by atoms with E-state index in [1.807, 2.05) is 31.2 Å². The normalized spacial score (nSPS) is 10.5. The molecule has 1 aromatic carbocycles.